The molecule has 22 heavy (non-hydrogen) atoms. The van der Waals surface area contributed by atoms with Gasteiger partial charge in [0.25, 0.3) is 5.89 Å². The molecule has 0 aliphatic carbocycles. The number of hydrogen-bond donors (Lipinski definition) is 0. The molecule has 8 heteroatoms. The lowest BCUT2D eigenvalue weighted by molar-refractivity contribution is 0.0599. The van der Waals surface area contributed by atoms with E-state index in [2.05, 4.69) is 9.84 Å². The summed E-state index contributed by atoms with van der Waals surface area (Å²) in [6.07, 6.45) is 1.45. The van der Waals surface area contributed by atoms with Crippen molar-refractivity contribution in [3.8, 4) is 11.7 Å². The Morgan fingerprint density at radius 3 is 2.91 bits per heavy atom. The number of carbonyl (C=O) groups is 1. The average Bonchev–Trinajstić information content (AvgIpc) is 3.20. The maximum atomic E-state index is 11.8. The van der Waals surface area contributed by atoms with Gasteiger partial charge in [0, 0.05) is 0 Å². The number of rotatable bonds is 4. The largest absolute Gasteiger partial charge is 0.465 e. The van der Waals surface area contributed by atoms with E-state index in [0.29, 0.717) is 22.8 Å². The van der Waals surface area contributed by atoms with E-state index in [-0.39, 0.29) is 12.4 Å². The Hall–Kier alpha value is -3.03. The van der Waals surface area contributed by atoms with Crippen molar-refractivity contribution >= 4 is 5.97 Å². The van der Waals surface area contributed by atoms with E-state index in [9.17, 15) is 9.59 Å². The summed E-state index contributed by atoms with van der Waals surface area (Å²) in [7, 11) is 1.28. The molecule has 3 aromatic heterocycles. The van der Waals surface area contributed by atoms with Crippen LogP contribution in [0.5, 0.6) is 0 Å². The second-order valence-corrected chi connectivity index (χ2v) is 4.48. The molecule has 3 heterocycles. The smallest absolute Gasteiger partial charge is 0.437 e. The van der Waals surface area contributed by atoms with Gasteiger partial charge >= 0.3 is 11.7 Å². The number of methoxy groups -OCH3 is 1. The lowest BCUT2D eigenvalue weighted by Gasteiger charge is -1.93. The van der Waals surface area contributed by atoms with Crippen molar-refractivity contribution in [1.29, 1.82) is 0 Å². The van der Waals surface area contributed by atoms with Gasteiger partial charge in [-0.15, -0.1) is 5.10 Å². The molecular formula is C14H12N2O6. The molecule has 0 saturated heterocycles. The van der Waals surface area contributed by atoms with E-state index in [1.807, 2.05) is 0 Å². The van der Waals surface area contributed by atoms with Gasteiger partial charge in [-0.3, -0.25) is 0 Å². The van der Waals surface area contributed by atoms with Gasteiger partial charge in [0.2, 0.25) is 0 Å². The fourth-order valence-electron chi connectivity index (χ4n) is 1.99. The van der Waals surface area contributed by atoms with Crippen LogP contribution in [0.25, 0.3) is 11.7 Å². The monoisotopic (exact) mass is 304 g/mol. The number of nitrogens with zero attached hydrogens (tertiary/aromatic N) is 2. The van der Waals surface area contributed by atoms with Crippen molar-refractivity contribution in [2.24, 2.45) is 0 Å². The normalized spacial score (nSPS) is 10.8. The molecule has 0 unspecified atom stereocenters. The molecule has 0 N–H and O–H groups in total. The molecule has 3 aromatic rings. The molecule has 114 valence electrons. The van der Waals surface area contributed by atoms with Gasteiger partial charge in [-0.1, -0.05) is 0 Å². The van der Waals surface area contributed by atoms with Gasteiger partial charge in [-0.05, 0) is 25.1 Å². The summed E-state index contributed by atoms with van der Waals surface area (Å²) in [5.74, 6) is 0.0634. The second-order valence-electron chi connectivity index (χ2n) is 4.48. The Morgan fingerprint density at radius 1 is 1.41 bits per heavy atom. The zero-order valence-electron chi connectivity index (χ0n) is 11.9. The standard InChI is InChI=1S/C14H12N2O6/c1-8-10(13(17)19-2)6-9(21-8)7-16-14(18)22-12(15-16)11-4-3-5-20-11/h3-6H,7H2,1-2H3. The highest BCUT2D eigenvalue weighted by Crippen LogP contribution is 2.18. The van der Waals surface area contributed by atoms with Crippen molar-refractivity contribution in [2.75, 3.05) is 7.11 Å². The van der Waals surface area contributed by atoms with Gasteiger partial charge in [-0.25, -0.2) is 9.59 Å². The zero-order valence-corrected chi connectivity index (χ0v) is 11.9. The molecule has 0 bridgehead atoms. The third kappa shape index (κ3) is 2.46. The molecule has 3 rings (SSSR count). The number of carbonyl (C=O) groups excluding carboxylic acids is 1. The Kier molecular flexibility index (Phi) is 3.42. The Bertz CT molecular complexity index is 852. The first-order valence-electron chi connectivity index (χ1n) is 6.38. The van der Waals surface area contributed by atoms with Crippen molar-refractivity contribution in [2.45, 2.75) is 13.5 Å². The Balaban J connectivity index is 1.88. The van der Waals surface area contributed by atoms with Crippen molar-refractivity contribution in [3.63, 3.8) is 0 Å². The predicted octanol–water partition coefficient (Wildman–Crippen LogP) is 1.83. The molecular weight excluding hydrogens is 292 g/mol. The SMILES string of the molecule is COC(=O)c1cc(Cn2nc(-c3ccco3)oc2=O)oc1C. The number of furan rings is 2. The molecule has 0 saturated carbocycles. The minimum absolute atomic E-state index is 0.0286. The summed E-state index contributed by atoms with van der Waals surface area (Å²) in [5, 5.41) is 4.02. The summed E-state index contributed by atoms with van der Waals surface area (Å²) < 4.78 is 21.3. The van der Waals surface area contributed by atoms with E-state index < -0.39 is 11.7 Å². The summed E-state index contributed by atoms with van der Waals surface area (Å²) in [6, 6.07) is 4.80. The lowest BCUT2D eigenvalue weighted by atomic mass is 10.2. The average molecular weight is 304 g/mol. The van der Waals surface area contributed by atoms with Crippen LogP contribution >= 0.6 is 0 Å². The van der Waals surface area contributed by atoms with Crippen LogP contribution < -0.4 is 5.76 Å². The zero-order chi connectivity index (χ0) is 15.7. The minimum Gasteiger partial charge on any atom is -0.465 e. The van der Waals surface area contributed by atoms with Crippen LogP contribution in [-0.2, 0) is 11.3 Å². The summed E-state index contributed by atoms with van der Waals surface area (Å²) in [6.45, 7) is 1.66. The minimum atomic E-state index is -0.653. The first-order chi connectivity index (χ1) is 10.6. The van der Waals surface area contributed by atoms with E-state index in [0.717, 1.165) is 4.68 Å². The van der Waals surface area contributed by atoms with Crippen molar-refractivity contribution in [3.05, 3.63) is 52.1 Å². The predicted molar refractivity (Wildman–Crippen MR) is 72.4 cm³/mol. The number of esters is 1. The summed E-state index contributed by atoms with van der Waals surface area (Å²) >= 11 is 0. The topological polar surface area (TPSA) is 101 Å². The Morgan fingerprint density at radius 2 is 2.23 bits per heavy atom. The quantitative estimate of drug-likeness (QED) is 0.678. The first-order valence-corrected chi connectivity index (χ1v) is 6.38. The van der Waals surface area contributed by atoms with Crippen LogP contribution in [0.2, 0.25) is 0 Å². The van der Waals surface area contributed by atoms with Gasteiger partial charge < -0.3 is 18.0 Å². The van der Waals surface area contributed by atoms with Gasteiger partial charge in [0.05, 0.1) is 13.4 Å². The van der Waals surface area contributed by atoms with Gasteiger partial charge in [0.15, 0.2) is 5.76 Å². The number of aryl methyl sites for hydroxylation is 1. The van der Waals surface area contributed by atoms with Crippen LogP contribution in [0.15, 0.2) is 42.5 Å². The van der Waals surface area contributed by atoms with Gasteiger partial charge in [0.1, 0.15) is 23.6 Å². The molecule has 0 aliphatic rings. The maximum absolute atomic E-state index is 11.8. The number of hydrogen-bond acceptors (Lipinski definition) is 7. The maximum Gasteiger partial charge on any atom is 0.437 e. The number of aromatic nitrogens is 2. The molecule has 8 nitrogen and oxygen atoms in total. The van der Waals surface area contributed by atoms with E-state index in [1.165, 1.54) is 19.4 Å². The highest BCUT2D eigenvalue weighted by molar-refractivity contribution is 5.90. The second kappa shape index (κ2) is 5.40. The van der Waals surface area contributed by atoms with Crippen molar-refractivity contribution in [1.82, 2.24) is 9.78 Å². The Labute approximate surface area is 123 Å². The molecule has 0 spiro atoms. The molecule has 0 aliphatic heterocycles. The van der Waals surface area contributed by atoms with Crippen LogP contribution in [0, 0.1) is 6.92 Å². The third-order valence-corrected chi connectivity index (χ3v) is 3.02. The molecule has 0 atom stereocenters. The fraction of sp³-hybridized carbons (Fsp3) is 0.214. The van der Waals surface area contributed by atoms with Crippen LogP contribution in [0.4, 0.5) is 0 Å². The molecule has 0 aromatic carbocycles. The van der Waals surface area contributed by atoms with Crippen LogP contribution in [-0.4, -0.2) is 22.9 Å². The summed E-state index contributed by atoms with van der Waals surface area (Å²) in [4.78, 5) is 23.3. The highest BCUT2D eigenvalue weighted by atomic mass is 16.5. The van der Waals surface area contributed by atoms with Crippen LogP contribution in [0.1, 0.15) is 21.9 Å². The molecule has 0 amide bonds. The van der Waals surface area contributed by atoms with E-state index in [1.54, 1.807) is 19.1 Å². The van der Waals surface area contributed by atoms with Crippen LogP contribution in [0.3, 0.4) is 0 Å². The molecule has 0 radical (unpaired) electrons. The third-order valence-electron chi connectivity index (χ3n) is 3.02. The number of ether oxygens (including phenoxy) is 1. The fourth-order valence-corrected chi connectivity index (χ4v) is 1.99. The summed E-state index contributed by atoms with van der Waals surface area (Å²) in [5.41, 5.74) is 0.306. The molecule has 0 fully saturated rings. The lowest BCUT2D eigenvalue weighted by Crippen LogP contribution is -2.16. The van der Waals surface area contributed by atoms with Gasteiger partial charge in [-0.2, -0.15) is 4.68 Å². The highest BCUT2D eigenvalue weighted by Gasteiger charge is 2.18. The van der Waals surface area contributed by atoms with Crippen molar-refractivity contribution < 1.29 is 22.8 Å². The first kappa shape index (κ1) is 13.9. The van der Waals surface area contributed by atoms with E-state index in [4.69, 9.17) is 13.3 Å². The van der Waals surface area contributed by atoms with E-state index >= 15 is 0 Å².